The molecule has 1 saturated heterocycles. The molecule has 3 atom stereocenters. The highest BCUT2D eigenvalue weighted by atomic mass is 35.5. The van der Waals surface area contributed by atoms with E-state index in [1.165, 1.54) is 4.90 Å². The molecular formula is C27H33ClN2O5. The van der Waals surface area contributed by atoms with Gasteiger partial charge in [0.2, 0.25) is 5.91 Å². The summed E-state index contributed by atoms with van der Waals surface area (Å²) in [5, 5.41) is 0.516. The summed E-state index contributed by atoms with van der Waals surface area (Å²) < 4.78 is 10.9. The van der Waals surface area contributed by atoms with Gasteiger partial charge in [0.05, 0.1) is 12.0 Å². The van der Waals surface area contributed by atoms with Gasteiger partial charge < -0.3 is 15.2 Å². The minimum absolute atomic E-state index is 0.105. The van der Waals surface area contributed by atoms with E-state index in [-0.39, 0.29) is 6.61 Å². The van der Waals surface area contributed by atoms with E-state index in [1.807, 2.05) is 51.1 Å². The van der Waals surface area contributed by atoms with Crippen molar-refractivity contribution in [3.05, 3.63) is 70.7 Å². The molecule has 1 fully saturated rings. The van der Waals surface area contributed by atoms with E-state index in [2.05, 4.69) is 0 Å². The molecular weight excluding hydrogens is 468 g/mol. The van der Waals surface area contributed by atoms with Crippen LogP contribution in [0.4, 0.5) is 9.59 Å². The first-order chi connectivity index (χ1) is 16.3. The molecule has 188 valence electrons. The number of primary amides is 1. The van der Waals surface area contributed by atoms with E-state index in [9.17, 15) is 14.4 Å². The monoisotopic (exact) mass is 500 g/mol. The average molecular weight is 501 g/mol. The third-order valence-corrected chi connectivity index (χ3v) is 6.64. The number of hydrogen-bond acceptors (Lipinski definition) is 5. The molecule has 8 heteroatoms. The summed E-state index contributed by atoms with van der Waals surface area (Å²) in [7, 11) is 0. The molecule has 35 heavy (non-hydrogen) atoms. The van der Waals surface area contributed by atoms with Crippen molar-refractivity contribution in [2.45, 2.75) is 58.6 Å². The normalized spacial score (nSPS) is 18.1. The predicted octanol–water partition coefficient (Wildman–Crippen LogP) is 5.55. The fourth-order valence-electron chi connectivity index (χ4n) is 5.33. The maximum Gasteiger partial charge on any atom is 0.417 e. The maximum atomic E-state index is 14.3. The standard InChI is InChI=1S/C27H33ClN2O5/c1-26(2,3)22(27(4,5)35-24(29)32)21(18-11-13-19(28)14-12-18)23(31)30-20(16-34-25(30)33)15-17-9-7-6-8-10-17/h6-14,20-22H,15-16H2,1-5H3,(H2,29,32)/t20-,21?,22+/m0/s1. The molecule has 0 aromatic heterocycles. The van der Waals surface area contributed by atoms with Gasteiger partial charge in [-0.15, -0.1) is 0 Å². The van der Waals surface area contributed by atoms with Crippen LogP contribution in [0.15, 0.2) is 54.6 Å². The molecule has 0 spiro atoms. The number of ether oxygens (including phenoxy) is 2. The number of carbonyl (C=O) groups is 3. The second kappa shape index (κ2) is 10.3. The summed E-state index contributed by atoms with van der Waals surface area (Å²) in [6, 6.07) is 16.1. The Kier molecular flexibility index (Phi) is 7.80. The van der Waals surface area contributed by atoms with Crippen LogP contribution in [0.2, 0.25) is 5.02 Å². The van der Waals surface area contributed by atoms with Crippen molar-refractivity contribution in [2.75, 3.05) is 6.61 Å². The lowest BCUT2D eigenvalue weighted by atomic mass is 9.63. The molecule has 2 aromatic carbocycles. The van der Waals surface area contributed by atoms with Crippen molar-refractivity contribution >= 4 is 29.7 Å². The van der Waals surface area contributed by atoms with E-state index in [0.29, 0.717) is 17.0 Å². The number of imide groups is 1. The molecule has 3 rings (SSSR count). The van der Waals surface area contributed by atoms with E-state index in [1.54, 1.807) is 38.1 Å². The zero-order chi connectivity index (χ0) is 26.0. The lowest BCUT2D eigenvalue weighted by molar-refractivity contribution is -0.138. The second-order valence-corrected chi connectivity index (χ2v) is 11.0. The molecule has 1 heterocycles. The Hall–Kier alpha value is -3.06. The van der Waals surface area contributed by atoms with Crippen LogP contribution in [-0.2, 0) is 20.7 Å². The lowest BCUT2D eigenvalue weighted by Crippen LogP contribution is -2.53. The van der Waals surface area contributed by atoms with Gasteiger partial charge >= 0.3 is 12.2 Å². The van der Waals surface area contributed by atoms with Crippen molar-refractivity contribution in [3.63, 3.8) is 0 Å². The van der Waals surface area contributed by atoms with Gasteiger partial charge in [-0.3, -0.25) is 4.79 Å². The largest absolute Gasteiger partial charge is 0.447 e. The smallest absolute Gasteiger partial charge is 0.417 e. The Morgan fingerprint density at radius 2 is 1.69 bits per heavy atom. The van der Waals surface area contributed by atoms with Gasteiger partial charge in [0.25, 0.3) is 0 Å². The third-order valence-electron chi connectivity index (χ3n) is 6.39. The van der Waals surface area contributed by atoms with Gasteiger partial charge in [-0.05, 0) is 48.9 Å². The van der Waals surface area contributed by atoms with E-state index in [4.69, 9.17) is 26.8 Å². The van der Waals surface area contributed by atoms with Crippen molar-refractivity contribution in [1.29, 1.82) is 0 Å². The zero-order valence-electron chi connectivity index (χ0n) is 20.8. The number of rotatable bonds is 7. The van der Waals surface area contributed by atoms with Gasteiger partial charge in [-0.2, -0.15) is 0 Å². The van der Waals surface area contributed by atoms with Gasteiger partial charge in [0.15, 0.2) is 0 Å². The number of hydrogen-bond donors (Lipinski definition) is 1. The number of nitrogens with zero attached hydrogens (tertiary/aromatic N) is 1. The summed E-state index contributed by atoms with van der Waals surface area (Å²) in [6.45, 7) is 9.45. The predicted molar refractivity (Wildman–Crippen MR) is 134 cm³/mol. The van der Waals surface area contributed by atoms with E-state index >= 15 is 0 Å². The third kappa shape index (κ3) is 6.14. The summed E-state index contributed by atoms with van der Waals surface area (Å²) in [5.74, 6) is -1.82. The van der Waals surface area contributed by atoms with E-state index in [0.717, 1.165) is 5.56 Å². The SMILES string of the molecule is CC(C)(C)[C@@H](C(C(=O)N1C(=O)OC[C@@H]1Cc1ccccc1)c1ccc(Cl)cc1)C(C)(C)OC(N)=O. The van der Waals surface area contributed by atoms with Crippen LogP contribution >= 0.6 is 11.6 Å². The first-order valence-electron chi connectivity index (χ1n) is 11.6. The van der Waals surface area contributed by atoms with Crippen molar-refractivity contribution in [1.82, 2.24) is 4.90 Å². The molecule has 1 unspecified atom stereocenters. The molecule has 0 radical (unpaired) electrons. The van der Waals surface area contributed by atoms with Gasteiger partial charge in [-0.25, -0.2) is 14.5 Å². The first-order valence-corrected chi connectivity index (χ1v) is 12.0. The average Bonchev–Trinajstić information content (AvgIpc) is 3.11. The number of carbonyl (C=O) groups excluding carboxylic acids is 3. The van der Waals surface area contributed by atoms with Crippen molar-refractivity contribution in [3.8, 4) is 0 Å². The molecule has 1 aliphatic rings. The van der Waals surface area contributed by atoms with Gasteiger partial charge in [0, 0.05) is 10.9 Å². The maximum absolute atomic E-state index is 14.3. The van der Waals surface area contributed by atoms with Crippen molar-refractivity contribution < 1.29 is 23.9 Å². The quantitative estimate of drug-likeness (QED) is 0.537. The van der Waals surface area contributed by atoms with Crippen LogP contribution in [-0.4, -0.2) is 41.2 Å². The Balaban J connectivity index is 2.10. The fourth-order valence-corrected chi connectivity index (χ4v) is 5.46. The lowest BCUT2D eigenvalue weighted by Gasteiger charge is -2.46. The molecule has 0 aliphatic carbocycles. The van der Waals surface area contributed by atoms with Crippen LogP contribution < -0.4 is 5.73 Å². The Morgan fingerprint density at radius 3 is 2.23 bits per heavy atom. The minimum Gasteiger partial charge on any atom is -0.447 e. The number of halogens is 1. The highest BCUT2D eigenvalue weighted by Crippen LogP contribution is 2.47. The minimum atomic E-state index is -1.14. The van der Waals surface area contributed by atoms with Crippen LogP contribution in [0.3, 0.4) is 0 Å². The molecule has 2 N–H and O–H groups in total. The first kappa shape index (κ1) is 26.5. The highest BCUT2D eigenvalue weighted by Gasteiger charge is 2.52. The topological polar surface area (TPSA) is 98.9 Å². The molecule has 2 aromatic rings. The van der Waals surface area contributed by atoms with E-state index < -0.39 is 47.0 Å². The number of cyclic esters (lactones) is 1. The highest BCUT2D eigenvalue weighted by molar-refractivity contribution is 6.30. The molecule has 0 saturated carbocycles. The molecule has 3 amide bonds. The number of benzene rings is 2. The van der Waals surface area contributed by atoms with Crippen LogP contribution in [0.25, 0.3) is 0 Å². The summed E-state index contributed by atoms with van der Waals surface area (Å²) >= 11 is 6.13. The van der Waals surface area contributed by atoms with Crippen LogP contribution in [0.5, 0.6) is 0 Å². The van der Waals surface area contributed by atoms with Gasteiger partial charge in [0.1, 0.15) is 12.2 Å². The molecule has 0 bridgehead atoms. The van der Waals surface area contributed by atoms with Crippen LogP contribution in [0, 0.1) is 11.3 Å². The van der Waals surface area contributed by atoms with Crippen molar-refractivity contribution in [2.24, 2.45) is 17.1 Å². The summed E-state index contributed by atoms with van der Waals surface area (Å²) in [6.07, 6.45) is -1.15. The van der Waals surface area contributed by atoms with Crippen LogP contribution in [0.1, 0.15) is 51.7 Å². The summed E-state index contributed by atoms with van der Waals surface area (Å²) in [5.41, 5.74) is 5.37. The zero-order valence-corrected chi connectivity index (χ0v) is 21.5. The fraction of sp³-hybridized carbons (Fsp3) is 0.444. The Morgan fingerprint density at radius 1 is 1.09 bits per heavy atom. The Labute approximate surface area is 211 Å². The number of nitrogens with two attached hydrogens (primary N) is 1. The Bertz CT molecular complexity index is 1060. The summed E-state index contributed by atoms with van der Waals surface area (Å²) in [4.78, 5) is 40.2. The number of amides is 3. The second-order valence-electron chi connectivity index (χ2n) is 10.5. The van der Waals surface area contributed by atoms with Gasteiger partial charge in [-0.1, -0.05) is 74.8 Å². The molecule has 7 nitrogen and oxygen atoms in total. The molecule has 1 aliphatic heterocycles.